The van der Waals surface area contributed by atoms with E-state index in [1.54, 1.807) is 12.1 Å². The number of benzene rings is 1. The van der Waals surface area contributed by atoms with Gasteiger partial charge in [-0.1, -0.05) is 27.5 Å². The molecule has 0 atom stereocenters. The molecule has 0 saturated carbocycles. The Labute approximate surface area is 106 Å². The van der Waals surface area contributed by atoms with Crippen molar-refractivity contribution in [2.45, 2.75) is 13.8 Å². The van der Waals surface area contributed by atoms with Gasteiger partial charge in [-0.15, -0.1) is 0 Å². The molecule has 0 spiro atoms. The molecule has 1 rings (SSSR count). The van der Waals surface area contributed by atoms with Gasteiger partial charge in [-0.2, -0.15) is 0 Å². The molecule has 6 heteroatoms. The monoisotopic (exact) mass is 304 g/mol. The van der Waals surface area contributed by atoms with Gasteiger partial charge >= 0.3 is 0 Å². The molecular weight excluding hydrogens is 295 g/mol. The largest absolute Gasteiger partial charge is 0.324 e. The molecule has 0 aromatic heterocycles. The predicted octanol–water partition coefficient (Wildman–Crippen LogP) is 3.02. The number of nitrogens with one attached hydrogen (secondary N) is 2. The Bertz CT molecular complexity index is 449. The minimum atomic E-state index is -0.254. The van der Waals surface area contributed by atoms with Gasteiger partial charge in [0.2, 0.25) is 11.8 Å². The first-order chi connectivity index (χ1) is 7.40. The van der Waals surface area contributed by atoms with E-state index >= 15 is 0 Å². The summed E-state index contributed by atoms with van der Waals surface area (Å²) in [6.07, 6.45) is 0. The summed E-state index contributed by atoms with van der Waals surface area (Å²) >= 11 is 9.22. The van der Waals surface area contributed by atoms with Crippen molar-refractivity contribution >= 4 is 50.7 Å². The van der Waals surface area contributed by atoms with Crippen molar-refractivity contribution in [3.63, 3.8) is 0 Å². The first kappa shape index (κ1) is 13.0. The van der Waals surface area contributed by atoms with Crippen LogP contribution < -0.4 is 10.6 Å². The summed E-state index contributed by atoms with van der Waals surface area (Å²) in [6, 6.07) is 3.30. The van der Waals surface area contributed by atoms with Gasteiger partial charge in [-0.3, -0.25) is 9.59 Å². The summed E-state index contributed by atoms with van der Waals surface area (Å²) in [4.78, 5) is 22.0. The van der Waals surface area contributed by atoms with Crippen LogP contribution in [0.2, 0.25) is 5.02 Å². The molecule has 0 bridgehead atoms. The second kappa shape index (κ2) is 5.32. The van der Waals surface area contributed by atoms with Crippen molar-refractivity contribution in [1.82, 2.24) is 0 Å². The Hall–Kier alpha value is -1.07. The lowest BCUT2D eigenvalue weighted by Gasteiger charge is -2.12. The molecule has 0 saturated heterocycles. The third-order valence-electron chi connectivity index (χ3n) is 1.67. The molecule has 4 nitrogen and oxygen atoms in total. The summed E-state index contributed by atoms with van der Waals surface area (Å²) in [5.41, 5.74) is 0.856. The second-order valence-corrected chi connectivity index (χ2v) is 4.50. The number of hydrogen-bond acceptors (Lipinski definition) is 2. The number of halogens is 2. The van der Waals surface area contributed by atoms with Crippen LogP contribution in [0.1, 0.15) is 13.8 Å². The van der Waals surface area contributed by atoms with E-state index in [-0.39, 0.29) is 11.8 Å². The molecule has 0 aliphatic heterocycles. The van der Waals surface area contributed by atoms with E-state index in [0.717, 1.165) is 4.47 Å². The van der Waals surface area contributed by atoms with Crippen molar-refractivity contribution in [3.05, 3.63) is 21.6 Å². The Morgan fingerprint density at radius 2 is 1.75 bits per heavy atom. The van der Waals surface area contributed by atoms with E-state index in [9.17, 15) is 9.59 Å². The van der Waals surface area contributed by atoms with Gasteiger partial charge in [-0.25, -0.2) is 0 Å². The topological polar surface area (TPSA) is 58.2 Å². The van der Waals surface area contributed by atoms with Crippen LogP contribution in [0.4, 0.5) is 11.4 Å². The van der Waals surface area contributed by atoms with Gasteiger partial charge in [0.05, 0.1) is 16.4 Å². The van der Waals surface area contributed by atoms with Crippen molar-refractivity contribution < 1.29 is 9.59 Å². The highest BCUT2D eigenvalue weighted by Crippen LogP contribution is 2.34. The van der Waals surface area contributed by atoms with E-state index < -0.39 is 0 Å². The molecule has 0 unspecified atom stereocenters. The number of anilines is 2. The van der Waals surface area contributed by atoms with Gasteiger partial charge in [0.15, 0.2) is 0 Å². The van der Waals surface area contributed by atoms with Crippen molar-refractivity contribution in [1.29, 1.82) is 0 Å². The smallest absolute Gasteiger partial charge is 0.221 e. The van der Waals surface area contributed by atoms with Crippen LogP contribution in [-0.4, -0.2) is 11.8 Å². The third-order valence-corrected chi connectivity index (χ3v) is 2.42. The highest BCUT2D eigenvalue weighted by atomic mass is 79.9. The standard InChI is InChI=1S/C10H10BrClN2O2/c1-5(15)13-9-4-7(11)3-8(12)10(9)14-6(2)16/h3-4H,1-2H3,(H,13,15)(H,14,16). The van der Waals surface area contributed by atoms with E-state index in [4.69, 9.17) is 11.6 Å². The van der Waals surface area contributed by atoms with Crippen molar-refractivity contribution in [2.24, 2.45) is 0 Å². The third kappa shape index (κ3) is 3.50. The van der Waals surface area contributed by atoms with Crippen LogP contribution in [0.25, 0.3) is 0 Å². The molecule has 0 radical (unpaired) electrons. The second-order valence-electron chi connectivity index (χ2n) is 3.17. The SMILES string of the molecule is CC(=O)Nc1cc(Br)cc(Cl)c1NC(C)=O. The minimum Gasteiger partial charge on any atom is -0.324 e. The number of carbonyl (C=O) groups is 2. The molecule has 2 N–H and O–H groups in total. The number of rotatable bonds is 2. The summed E-state index contributed by atoms with van der Waals surface area (Å²) in [6.45, 7) is 2.75. The van der Waals surface area contributed by atoms with Crippen LogP contribution >= 0.6 is 27.5 Å². The van der Waals surface area contributed by atoms with E-state index in [0.29, 0.717) is 16.4 Å². The summed E-state index contributed by atoms with van der Waals surface area (Å²) in [5.74, 6) is -0.489. The van der Waals surface area contributed by atoms with Crippen LogP contribution in [0.3, 0.4) is 0 Å². The first-order valence-corrected chi connectivity index (χ1v) is 5.61. The average molecular weight is 306 g/mol. The molecule has 1 aromatic carbocycles. The van der Waals surface area contributed by atoms with Crippen LogP contribution in [0.5, 0.6) is 0 Å². The van der Waals surface area contributed by atoms with E-state index in [1.165, 1.54) is 13.8 Å². The molecule has 0 heterocycles. The van der Waals surface area contributed by atoms with E-state index in [1.807, 2.05) is 0 Å². The zero-order valence-electron chi connectivity index (χ0n) is 8.73. The summed E-state index contributed by atoms with van der Waals surface area (Å²) < 4.78 is 0.718. The van der Waals surface area contributed by atoms with Crippen LogP contribution in [-0.2, 0) is 9.59 Å². The maximum Gasteiger partial charge on any atom is 0.221 e. The van der Waals surface area contributed by atoms with Crippen molar-refractivity contribution in [3.8, 4) is 0 Å². The van der Waals surface area contributed by atoms with Gasteiger partial charge in [0.1, 0.15) is 0 Å². The molecule has 0 aliphatic rings. The molecule has 2 amide bonds. The summed E-state index contributed by atoms with van der Waals surface area (Å²) in [5, 5.41) is 5.52. The Morgan fingerprint density at radius 3 is 2.25 bits per heavy atom. The first-order valence-electron chi connectivity index (χ1n) is 4.44. The highest BCUT2D eigenvalue weighted by molar-refractivity contribution is 9.10. The predicted molar refractivity (Wildman–Crippen MR) is 67.8 cm³/mol. The fraction of sp³-hybridized carbons (Fsp3) is 0.200. The lowest BCUT2D eigenvalue weighted by atomic mass is 10.2. The molecular formula is C10H10BrClN2O2. The number of carbonyl (C=O) groups excluding carboxylic acids is 2. The fourth-order valence-corrected chi connectivity index (χ4v) is 2.02. The molecule has 86 valence electrons. The van der Waals surface area contributed by atoms with Crippen LogP contribution in [0, 0.1) is 0 Å². The molecule has 0 aliphatic carbocycles. The lowest BCUT2D eigenvalue weighted by molar-refractivity contribution is -0.115. The van der Waals surface area contributed by atoms with Gasteiger partial charge in [-0.05, 0) is 12.1 Å². The number of amides is 2. The summed E-state index contributed by atoms with van der Waals surface area (Å²) in [7, 11) is 0. The van der Waals surface area contributed by atoms with E-state index in [2.05, 4.69) is 26.6 Å². The molecule has 1 aromatic rings. The number of hydrogen-bond donors (Lipinski definition) is 2. The van der Waals surface area contributed by atoms with Crippen molar-refractivity contribution in [2.75, 3.05) is 10.6 Å². The maximum atomic E-state index is 11.0. The quantitative estimate of drug-likeness (QED) is 0.882. The average Bonchev–Trinajstić information content (AvgIpc) is 2.09. The van der Waals surface area contributed by atoms with Gasteiger partial charge in [0, 0.05) is 18.3 Å². The van der Waals surface area contributed by atoms with Gasteiger partial charge in [0.25, 0.3) is 0 Å². The fourth-order valence-electron chi connectivity index (χ4n) is 1.16. The molecule has 16 heavy (non-hydrogen) atoms. The van der Waals surface area contributed by atoms with Crippen LogP contribution in [0.15, 0.2) is 16.6 Å². The zero-order chi connectivity index (χ0) is 12.3. The lowest BCUT2D eigenvalue weighted by Crippen LogP contribution is -2.12. The minimum absolute atomic E-state index is 0.235. The molecule has 0 fully saturated rings. The Kier molecular flexibility index (Phi) is 4.32. The Balaban J connectivity index is 3.20. The Morgan fingerprint density at radius 1 is 1.19 bits per heavy atom. The highest BCUT2D eigenvalue weighted by Gasteiger charge is 2.11. The maximum absolute atomic E-state index is 11.0. The van der Waals surface area contributed by atoms with Gasteiger partial charge < -0.3 is 10.6 Å². The normalized spacial score (nSPS) is 9.75. The zero-order valence-corrected chi connectivity index (χ0v) is 11.1.